The predicted molar refractivity (Wildman–Crippen MR) is 208 cm³/mol. The van der Waals surface area contributed by atoms with Crippen LogP contribution >= 0.6 is 11.6 Å². The summed E-state index contributed by atoms with van der Waals surface area (Å²) in [4.78, 5) is 29.1. The van der Waals surface area contributed by atoms with Gasteiger partial charge in [-0.05, 0) is 128 Å². The number of carbonyl (C=O) groups excluding carboxylic acids is 2. The molecule has 9 unspecified atom stereocenters. The third-order valence-corrected chi connectivity index (χ3v) is 15.3. The van der Waals surface area contributed by atoms with Gasteiger partial charge < -0.3 is 14.3 Å². The van der Waals surface area contributed by atoms with Gasteiger partial charge in [-0.1, -0.05) is 89.9 Å². The van der Waals surface area contributed by atoms with Crippen LogP contribution in [0, 0.1) is 57.2 Å². The number of hydrogen-bond acceptors (Lipinski definition) is 5. The van der Waals surface area contributed by atoms with Crippen molar-refractivity contribution < 1.29 is 19.1 Å². The highest BCUT2D eigenvalue weighted by atomic mass is 35.5. The lowest BCUT2D eigenvalue weighted by Gasteiger charge is -2.67. The molecular formula is C45H64ClNO4. The summed E-state index contributed by atoms with van der Waals surface area (Å²) in [5.74, 6) is 4.78. The number of halogens is 1. The Balaban J connectivity index is 1.19. The Labute approximate surface area is 313 Å². The molecule has 0 amide bonds. The summed E-state index contributed by atoms with van der Waals surface area (Å²) >= 11 is 6.13. The van der Waals surface area contributed by atoms with Gasteiger partial charge in [0.2, 0.25) is 0 Å². The first kappa shape index (κ1) is 38.3. The monoisotopic (exact) mass is 717 g/mol. The molecule has 0 N–H and O–H groups in total. The Kier molecular flexibility index (Phi) is 10.9. The smallest absolute Gasteiger partial charge is 0.307 e. The number of benzene rings is 1. The highest BCUT2D eigenvalue weighted by molar-refractivity contribution is 6.30. The number of aldehydes is 1. The summed E-state index contributed by atoms with van der Waals surface area (Å²) < 4.78 is 12.6. The Morgan fingerprint density at radius 2 is 1.69 bits per heavy atom. The lowest BCUT2D eigenvalue weighted by Crippen LogP contribution is -2.60. The van der Waals surface area contributed by atoms with E-state index in [0.717, 1.165) is 47.8 Å². The van der Waals surface area contributed by atoms with Crippen LogP contribution in [0.3, 0.4) is 0 Å². The Morgan fingerprint density at radius 3 is 2.35 bits per heavy atom. The van der Waals surface area contributed by atoms with Crippen LogP contribution in [0.25, 0.3) is 0 Å². The molecule has 0 aromatic heterocycles. The lowest BCUT2D eigenvalue weighted by atomic mass is 9.38. The van der Waals surface area contributed by atoms with Gasteiger partial charge in [0.05, 0.1) is 6.42 Å². The molecular weight excluding hydrogens is 654 g/mol. The van der Waals surface area contributed by atoms with Crippen LogP contribution in [-0.4, -0.2) is 31.3 Å². The number of allylic oxidation sites excluding steroid dienone is 3. The molecule has 0 radical (unpaired) electrons. The van der Waals surface area contributed by atoms with E-state index in [9.17, 15) is 9.59 Å². The van der Waals surface area contributed by atoms with Gasteiger partial charge in [-0.2, -0.15) is 0 Å². The second kappa shape index (κ2) is 14.4. The van der Waals surface area contributed by atoms with E-state index in [1.807, 2.05) is 45.2 Å². The van der Waals surface area contributed by atoms with Crippen molar-refractivity contribution in [2.75, 3.05) is 7.05 Å². The molecule has 0 aliphatic heterocycles. The Hall–Kier alpha value is -2.40. The fraction of sp³-hybridized carbons (Fsp3) is 0.711. The second-order valence-corrected chi connectivity index (χ2v) is 19.3. The summed E-state index contributed by atoms with van der Waals surface area (Å²) in [6.07, 6.45) is 14.4. The predicted octanol–water partition coefficient (Wildman–Crippen LogP) is 11.4. The molecule has 1 aromatic rings. The number of hydrogen-bond donors (Lipinski definition) is 0. The van der Waals surface area contributed by atoms with Crippen molar-refractivity contribution in [3.05, 3.63) is 58.3 Å². The number of esters is 1. The zero-order valence-corrected chi connectivity index (χ0v) is 33.5. The standard InChI is InChI=1S/C45H64ClNO4/c1-28(2)33-16-22-45(25-39(47-9)50-29(3)24-31-10-12-32(46)13-11-31)23-18-36-34(41(33)45)14-15-38-43(7)21-19-37(51-40(49)26-42(5,6)27-48)30(4)35(43)17-20-44(36,38)8/h10-13,27-28,30,34-38H,3,14-26H2,1-2,4-9H3. The summed E-state index contributed by atoms with van der Waals surface area (Å²) in [5, 5.41) is 0.736. The molecule has 1 aromatic carbocycles. The molecule has 4 saturated carbocycles. The average Bonchev–Trinajstić information content (AvgIpc) is 3.46. The van der Waals surface area contributed by atoms with Gasteiger partial charge in [0.1, 0.15) is 18.1 Å². The van der Waals surface area contributed by atoms with Gasteiger partial charge in [-0.15, -0.1) is 0 Å². The minimum absolute atomic E-state index is 0.0508. The molecule has 9 atom stereocenters. The second-order valence-electron chi connectivity index (χ2n) is 18.9. The quantitative estimate of drug-likeness (QED) is 0.0603. The molecule has 280 valence electrons. The highest BCUT2D eigenvalue weighted by Crippen LogP contribution is 2.72. The van der Waals surface area contributed by atoms with Crippen molar-refractivity contribution in [3.63, 3.8) is 0 Å². The molecule has 5 aliphatic carbocycles. The molecule has 51 heavy (non-hydrogen) atoms. The Bertz CT molecular complexity index is 1560. The SMILES string of the molecule is C=C(Cc1ccc(Cl)cc1)OC(CC12CCC(C(C)C)=C1C1CCC3C(C)(CCC4C(C)C(OC(=O)CC(C)(C)C=O)CCC43C)C1CC2)=NC. The summed E-state index contributed by atoms with van der Waals surface area (Å²) in [5.41, 5.74) is 4.64. The molecule has 0 spiro atoms. The number of ether oxygens (including phenoxy) is 2. The van der Waals surface area contributed by atoms with Crippen LogP contribution < -0.4 is 0 Å². The first-order valence-electron chi connectivity index (χ1n) is 20.0. The van der Waals surface area contributed by atoms with Crippen LogP contribution in [0.1, 0.15) is 131 Å². The van der Waals surface area contributed by atoms with Crippen molar-refractivity contribution >= 4 is 29.8 Å². The van der Waals surface area contributed by atoms with Gasteiger partial charge in [0, 0.05) is 35.7 Å². The maximum atomic E-state index is 12.9. The van der Waals surface area contributed by atoms with E-state index in [0.29, 0.717) is 47.3 Å². The van der Waals surface area contributed by atoms with Crippen LogP contribution in [0.15, 0.2) is 52.7 Å². The topological polar surface area (TPSA) is 65.0 Å². The maximum Gasteiger partial charge on any atom is 0.307 e. The minimum atomic E-state index is -0.679. The van der Waals surface area contributed by atoms with Crippen LogP contribution in [0.2, 0.25) is 5.02 Å². The molecule has 4 fully saturated rings. The summed E-state index contributed by atoms with van der Waals surface area (Å²) in [6, 6.07) is 7.92. The zero-order valence-electron chi connectivity index (χ0n) is 32.8. The van der Waals surface area contributed by atoms with Crippen molar-refractivity contribution in [1.29, 1.82) is 0 Å². The molecule has 6 heteroatoms. The van der Waals surface area contributed by atoms with E-state index in [4.69, 9.17) is 26.1 Å². The molecule has 0 saturated heterocycles. The van der Waals surface area contributed by atoms with E-state index in [1.54, 1.807) is 11.1 Å². The van der Waals surface area contributed by atoms with Gasteiger partial charge >= 0.3 is 5.97 Å². The van der Waals surface area contributed by atoms with Crippen LogP contribution in [0.4, 0.5) is 0 Å². The van der Waals surface area contributed by atoms with Crippen molar-refractivity contribution in [1.82, 2.24) is 0 Å². The third kappa shape index (κ3) is 7.16. The lowest BCUT2D eigenvalue weighted by molar-refractivity contribution is -0.191. The number of rotatable bonds is 10. The fourth-order valence-electron chi connectivity index (χ4n) is 12.6. The van der Waals surface area contributed by atoms with Gasteiger partial charge in [0.25, 0.3) is 0 Å². The molecule has 6 rings (SSSR count). The highest BCUT2D eigenvalue weighted by Gasteiger charge is 2.64. The van der Waals surface area contributed by atoms with Crippen molar-refractivity contribution in [2.24, 2.45) is 62.2 Å². The van der Waals surface area contributed by atoms with Gasteiger partial charge in [-0.25, -0.2) is 0 Å². The molecule has 0 bridgehead atoms. The van der Waals surface area contributed by atoms with Gasteiger partial charge in [0.15, 0.2) is 5.90 Å². The normalized spacial score (nSPS) is 36.5. The Morgan fingerprint density at radius 1 is 1.02 bits per heavy atom. The third-order valence-electron chi connectivity index (χ3n) is 15.0. The number of carbonyl (C=O) groups is 2. The van der Waals surface area contributed by atoms with E-state index in [-0.39, 0.29) is 29.3 Å². The number of fused-ring (bicyclic) bond motifs is 7. The van der Waals surface area contributed by atoms with Gasteiger partial charge in [-0.3, -0.25) is 9.79 Å². The van der Waals surface area contributed by atoms with E-state index in [1.165, 1.54) is 51.4 Å². The summed E-state index contributed by atoms with van der Waals surface area (Å²) in [7, 11) is 1.88. The first-order valence-corrected chi connectivity index (χ1v) is 20.4. The largest absolute Gasteiger partial charge is 0.462 e. The fourth-order valence-corrected chi connectivity index (χ4v) is 12.7. The van der Waals surface area contributed by atoms with E-state index < -0.39 is 5.41 Å². The van der Waals surface area contributed by atoms with Crippen LogP contribution in [0.5, 0.6) is 0 Å². The number of nitrogens with zero attached hydrogens (tertiary/aromatic N) is 1. The summed E-state index contributed by atoms with van der Waals surface area (Å²) in [6.45, 7) is 20.4. The molecule has 5 aliphatic rings. The number of aliphatic imine (C=N–C) groups is 1. The van der Waals surface area contributed by atoms with Crippen molar-refractivity contribution in [3.8, 4) is 0 Å². The average molecular weight is 718 g/mol. The minimum Gasteiger partial charge on any atom is -0.462 e. The first-order chi connectivity index (χ1) is 24.1. The van der Waals surface area contributed by atoms with E-state index >= 15 is 0 Å². The molecule has 5 nitrogen and oxygen atoms in total. The zero-order chi connectivity index (χ0) is 36.9. The van der Waals surface area contributed by atoms with Crippen molar-refractivity contribution in [2.45, 2.75) is 138 Å². The van der Waals surface area contributed by atoms with Crippen LogP contribution in [-0.2, 0) is 25.5 Å². The molecule has 0 heterocycles. The maximum absolute atomic E-state index is 12.9. The van der Waals surface area contributed by atoms with E-state index in [2.05, 4.69) is 41.2 Å².